The van der Waals surface area contributed by atoms with Gasteiger partial charge in [0.2, 0.25) is 5.91 Å². The summed E-state index contributed by atoms with van der Waals surface area (Å²) in [5, 5.41) is 11.3. The molecule has 0 unspecified atom stereocenters. The Hall–Kier alpha value is -5.41. The zero-order valence-electron chi connectivity index (χ0n) is 41.3. The molecule has 5 heterocycles. The number of halogens is 3. The Balaban J connectivity index is 0.000000505. The van der Waals surface area contributed by atoms with Crippen molar-refractivity contribution in [3.05, 3.63) is 98.7 Å². The standard InChI is InChI=1S/C44H52N5O8Si.C3H8O3S.CHF3O3S/c1-6-58(7-2,8-3)57-28(5)39-40-27(4)38(41(46(40)43(39)52)44(53)56-32-13-11-31(12-14-32)47(54)55)30-10-16-34-35(24-30)33-15-9-29(23-36(33)42(34)51)25-48-17-20-49(21-18-48,22-19-48)26-37(45)50;1-2-3-7(4,5)6;2-1(3,4)8(5,6)7/h9-16,23-24,27-28,39-40H,6-8,17-22,25-26H2,1-5H3,(H-,45,50);2-3H2,1H3,(H,4,5,6);(H,5,6,7)/q+1;;/p-1/t27-,28+,39+,40+,48?,49?;;/m0../s1. The lowest BCUT2D eigenvalue weighted by Crippen LogP contribution is -2.75. The summed E-state index contributed by atoms with van der Waals surface area (Å²) in [5.74, 6) is -2.05. The molecule has 0 radical (unpaired) electrons. The molecular formula is C48H60F3N5O14S2Si. The molecule has 4 atom stereocenters. The highest BCUT2D eigenvalue weighted by molar-refractivity contribution is 7.86. The summed E-state index contributed by atoms with van der Waals surface area (Å²) < 4.78 is 102. The monoisotopic (exact) mass is 1080 g/mol. The lowest BCUT2D eigenvalue weighted by atomic mass is 9.76. The predicted octanol–water partition coefficient (Wildman–Crippen LogP) is 5.65. The van der Waals surface area contributed by atoms with Crippen LogP contribution in [0.4, 0.5) is 18.9 Å². The van der Waals surface area contributed by atoms with Gasteiger partial charge in [-0.2, -0.15) is 13.2 Å². The molecule has 3 aromatic rings. The maximum Gasteiger partial charge on any atom is 0.485 e. The van der Waals surface area contributed by atoms with E-state index in [0.29, 0.717) is 29.7 Å². The van der Waals surface area contributed by atoms with E-state index in [1.54, 1.807) is 11.8 Å². The second-order valence-electron chi connectivity index (χ2n) is 19.4. The first-order chi connectivity index (χ1) is 34.0. The molecule has 4 fully saturated rings. The fraction of sp³-hybridized carbons (Fsp3) is 0.500. The van der Waals surface area contributed by atoms with Crippen molar-refractivity contribution >= 4 is 63.4 Å². The molecular weight excluding hydrogens is 1020 g/mol. The van der Waals surface area contributed by atoms with Gasteiger partial charge in [0, 0.05) is 40.5 Å². The van der Waals surface area contributed by atoms with Crippen LogP contribution in [0.5, 0.6) is 5.75 Å². The van der Waals surface area contributed by atoms with E-state index in [4.69, 9.17) is 27.9 Å². The molecule has 2 bridgehead atoms. The third-order valence-electron chi connectivity index (χ3n) is 15.1. The third-order valence-corrected chi connectivity index (χ3v) is 21.3. The Kier molecular flexibility index (Phi) is 16.7. The molecule has 6 aliphatic rings. The van der Waals surface area contributed by atoms with Gasteiger partial charge in [-0.15, -0.1) is 0 Å². The normalized spacial score (nSPS) is 23.5. The van der Waals surface area contributed by atoms with Gasteiger partial charge >= 0.3 is 11.5 Å². The largest absolute Gasteiger partial charge is 0.748 e. The van der Waals surface area contributed by atoms with Crippen molar-refractivity contribution in [2.75, 3.05) is 51.6 Å². The van der Waals surface area contributed by atoms with Crippen LogP contribution in [0.3, 0.4) is 0 Å². The molecule has 73 heavy (non-hydrogen) atoms. The number of primary amides is 1. The van der Waals surface area contributed by atoms with E-state index < -0.39 is 50.9 Å². The van der Waals surface area contributed by atoms with Crippen molar-refractivity contribution in [1.82, 2.24) is 4.90 Å². The summed E-state index contributed by atoms with van der Waals surface area (Å²) in [6.07, 6.45) is 0.0658. The molecule has 0 saturated carbocycles. The Morgan fingerprint density at radius 2 is 1.40 bits per heavy atom. The number of fused-ring (bicyclic) bond motifs is 7. The van der Waals surface area contributed by atoms with Gasteiger partial charge in [0.1, 0.15) is 57.3 Å². The van der Waals surface area contributed by atoms with Gasteiger partial charge in [-0.3, -0.25) is 24.5 Å². The molecule has 0 aromatic heterocycles. The minimum absolute atomic E-state index is 0.0421. The quantitative estimate of drug-likeness (QED) is 0.0164. The average Bonchev–Trinajstić information content (AvgIpc) is 3.74. The molecule has 9 rings (SSSR count). The summed E-state index contributed by atoms with van der Waals surface area (Å²) >= 11 is 0. The number of nitrogens with two attached hydrogens (primary N) is 1. The number of carbonyl (C=O) groups is 4. The molecule has 398 valence electrons. The molecule has 0 spiro atoms. The number of rotatable bonds is 16. The Morgan fingerprint density at radius 1 is 0.849 bits per heavy atom. The van der Waals surface area contributed by atoms with Crippen LogP contribution >= 0.6 is 0 Å². The summed E-state index contributed by atoms with van der Waals surface area (Å²) in [5.41, 5.74) is 5.29. The number of hydrogen-bond acceptors (Lipinski definition) is 14. The van der Waals surface area contributed by atoms with E-state index in [2.05, 4.69) is 26.8 Å². The lowest BCUT2D eigenvalue weighted by molar-refractivity contribution is -1.08. The van der Waals surface area contributed by atoms with Crippen LogP contribution in [-0.2, 0) is 45.6 Å². The second kappa shape index (κ2) is 21.4. The number of ether oxygens (including phenoxy) is 1. The van der Waals surface area contributed by atoms with Crippen LogP contribution in [0.2, 0.25) is 18.1 Å². The van der Waals surface area contributed by atoms with Gasteiger partial charge in [0.15, 0.2) is 30.8 Å². The number of ketones is 1. The molecule has 19 nitrogen and oxygen atoms in total. The molecule has 1 aliphatic carbocycles. The van der Waals surface area contributed by atoms with Gasteiger partial charge < -0.3 is 37.9 Å². The van der Waals surface area contributed by atoms with Crippen molar-refractivity contribution in [3.8, 4) is 16.9 Å². The predicted molar refractivity (Wildman–Crippen MR) is 260 cm³/mol. The summed E-state index contributed by atoms with van der Waals surface area (Å²) in [6.45, 7) is 19.0. The van der Waals surface area contributed by atoms with Gasteiger partial charge in [-0.25, -0.2) is 21.6 Å². The number of β-lactam (4-membered cyclic amide) rings is 1. The zero-order valence-corrected chi connectivity index (χ0v) is 43.9. The van der Waals surface area contributed by atoms with Crippen molar-refractivity contribution in [1.29, 1.82) is 0 Å². The number of carbonyl (C=O) groups excluding carboxylic acids is 4. The first kappa shape index (κ1) is 56.9. The minimum atomic E-state index is -6.09. The van der Waals surface area contributed by atoms with Crippen LogP contribution in [0.1, 0.15) is 75.0 Å². The van der Waals surface area contributed by atoms with Gasteiger partial charge in [0.25, 0.3) is 11.6 Å². The van der Waals surface area contributed by atoms with E-state index in [9.17, 15) is 55.4 Å². The number of quaternary nitrogens is 2. The van der Waals surface area contributed by atoms with Crippen molar-refractivity contribution in [2.24, 2.45) is 17.6 Å². The highest BCUT2D eigenvalue weighted by Gasteiger charge is 2.61. The van der Waals surface area contributed by atoms with Crippen LogP contribution < -0.4 is 10.5 Å². The van der Waals surface area contributed by atoms with Crippen molar-refractivity contribution in [2.45, 2.75) is 90.3 Å². The maximum atomic E-state index is 14.2. The number of amides is 2. The van der Waals surface area contributed by atoms with Crippen LogP contribution in [0, 0.1) is 22.0 Å². The van der Waals surface area contributed by atoms with E-state index in [-0.39, 0.29) is 58.5 Å². The van der Waals surface area contributed by atoms with E-state index >= 15 is 0 Å². The first-order valence-electron chi connectivity index (χ1n) is 24.0. The number of esters is 1. The number of piperazine rings is 3. The molecule has 25 heteroatoms. The number of benzene rings is 3. The van der Waals surface area contributed by atoms with Gasteiger partial charge in [0.05, 0.1) is 33.1 Å². The topological polar surface area (TPSA) is 274 Å². The number of nitrogens with zero attached hydrogens (tertiary/aromatic N) is 4. The molecule has 2 N–H and O–H groups in total. The van der Waals surface area contributed by atoms with Crippen LogP contribution in [0.15, 0.2) is 66.4 Å². The molecule has 5 aliphatic heterocycles. The highest BCUT2D eigenvalue weighted by Crippen LogP contribution is 2.52. The van der Waals surface area contributed by atoms with Crippen molar-refractivity contribution < 1.29 is 81.3 Å². The van der Waals surface area contributed by atoms with E-state index in [0.717, 1.165) is 95.2 Å². The second-order valence-corrected chi connectivity index (χ2v) is 27.0. The van der Waals surface area contributed by atoms with Crippen LogP contribution in [0.25, 0.3) is 16.7 Å². The Labute approximate surface area is 423 Å². The lowest BCUT2D eigenvalue weighted by Gasteiger charge is -2.55. The molecule has 2 amide bonds. The fourth-order valence-electron chi connectivity index (χ4n) is 11.0. The molecule has 4 saturated heterocycles. The number of non-ortho nitro benzene ring substituents is 1. The summed E-state index contributed by atoms with van der Waals surface area (Å²) in [7, 11) is -12.1. The SMILES string of the molecule is CCCS(=O)(=O)[O-].CC[Si](CC)(CC)O[C@H](C)[C@H]1C(=O)N2C(C(=O)Oc3ccc([N+](=O)[O-])cc3)=C(c3ccc4c(c3)-c3ccc(C[N+]56CC[N+](CC(N)=O)(CC5)CC6)cc3C4=O)[C@H](C)[C@H]12.O=S(=O)([O-])C(F)(F)F. The van der Waals surface area contributed by atoms with Gasteiger partial charge in [-0.05, 0) is 84.1 Å². The summed E-state index contributed by atoms with van der Waals surface area (Å²) in [6, 6.07) is 19.6. The third kappa shape index (κ3) is 11.9. The maximum absolute atomic E-state index is 14.2. The van der Waals surface area contributed by atoms with E-state index in [1.807, 2.05) is 44.2 Å². The Bertz CT molecular complexity index is 2900. The smallest absolute Gasteiger partial charge is 0.485 e. The zero-order chi connectivity index (χ0) is 54.2. The first-order valence-corrected chi connectivity index (χ1v) is 29.5. The number of nitro groups is 1. The number of alkyl halides is 3. The Morgan fingerprint density at radius 3 is 1.88 bits per heavy atom. The van der Waals surface area contributed by atoms with Gasteiger partial charge in [-0.1, -0.05) is 52.8 Å². The van der Waals surface area contributed by atoms with E-state index in [1.165, 1.54) is 24.3 Å². The highest BCUT2D eigenvalue weighted by atomic mass is 32.2. The van der Waals surface area contributed by atoms with Crippen LogP contribution in [-0.4, -0.2) is 146 Å². The molecule has 3 aromatic carbocycles. The van der Waals surface area contributed by atoms with Crippen molar-refractivity contribution in [3.63, 3.8) is 0 Å². The summed E-state index contributed by atoms with van der Waals surface area (Å²) in [4.78, 5) is 66.5. The fourth-order valence-corrected chi connectivity index (χ4v) is 14.4. The average molecular weight is 1080 g/mol. The minimum Gasteiger partial charge on any atom is -0.748 e. The number of nitro benzene ring substituents is 1. The number of hydrogen-bond donors (Lipinski definition) is 1.